The first-order valence-corrected chi connectivity index (χ1v) is 11.5. The number of halogens is 2. The highest BCUT2D eigenvalue weighted by molar-refractivity contribution is 7.89. The van der Waals surface area contributed by atoms with Crippen molar-refractivity contribution in [3.05, 3.63) is 42.6 Å². The Balaban J connectivity index is 0.00000160. The minimum Gasteiger partial charge on any atom is -0.354 e. The van der Waals surface area contributed by atoms with Gasteiger partial charge in [-0.1, -0.05) is 18.6 Å². The third-order valence-corrected chi connectivity index (χ3v) is 7.63. The van der Waals surface area contributed by atoms with Crippen molar-refractivity contribution in [3.8, 4) is 11.1 Å². The minimum atomic E-state index is -3.38. The standard InChI is InChI=1S/C21H28N4O2S.2ClH/c1-23-13-15-24(16-14-23)21-10-7-19(17-22-21)18-5-8-20(9-6-18)28(26,27)25-11-3-2-4-12-25;;/h5-10,17H,2-4,11-16H2,1H3;2*1H. The lowest BCUT2D eigenvalue weighted by molar-refractivity contribution is 0.312. The van der Waals surface area contributed by atoms with Crippen LogP contribution in [0, 0.1) is 0 Å². The molecule has 2 saturated heterocycles. The maximum Gasteiger partial charge on any atom is 0.243 e. The van der Waals surface area contributed by atoms with Crippen LogP contribution in [0.25, 0.3) is 11.1 Å². The van der Waals surface area contributed by atoms with Crippen molar-refractivity contribution in [1.82, 2.24) is 14.2 Å². The number of aromatic nitrogens is 1. The van der Waals surface area contributed by atoms with E-state index in [9.17, 15) is 8.42 Å². The van der Waals surface area contributed by atoms with Crippen LogP contribution in [0.15, 0.2) is 47.5 Å². The molecule has 0 spiro atoms. The Hall–Kier alpha value is -1.38. The van der Waals surface area contributed by atoms with E-state index in [2.05, 4.69) is 34.0 Å². The number of piperazine rings is 1. The number of rotatable bonds is 4. The summed E-state index contributed by atoms with van der Waals surface area (Å²) in [6, 6.07) is 11.3. The van der Waals surface area contributed by atoms with Gasteiger partial charge in [0.25, 0.3) is 0 Å². The number of nitrogens with zero attached hydrogens (tertiary/aromatic N) is 4. The Morgan fingerprint density at radius 2 is 1.37 bits per heavy atom. The van der Waals surface area contributed by atoms with Gasteiger partial charge in [-0.05, 0) is 49.7 Å². The third kappa shape index (κ3) is 5.45. The van der Waals surface area contributed by atoms with Crippen LogP contribution in [0.4, 0.5) is 5.82 Å². The quantitative estimate of drug-likeness (QED) is 0.680. The summed E-state index contributed by atoms with van der Waals surface area (Å²) in [5.74, 6) is 1.00. The topological polar surface area (TPSA) is 56.8 Å². The number of likely N-dealkylation sites (N-methyl/N-ethyl adjacent to an activating group) is 1. The molecule has 166 valence electrons. The van der Waals surface area contributed by atoms with E-state index in [1.807, 2.05) is 18.3 Å². The van der Waals surface area contributed by atoms with Crippen molar-refractivity contribution >= 4 is 40.7 Å². The average Bonchev–Trinajstić information content (AvgIpc) is 2.75. The largest absolute Gasteiger partial charge is 0.354 e. The molecule has 0 N–H and O–H groups in total. The van der Waals surface area contributed by atoms with Crippen molar-refractivity contribution in [3.63, 3.8) is 0 Å². The Kier molecular flexibility index (Phi) is 8.94. The molecular formula is C21H30Cl2N4O2S. The smallest absolute Gasteiger partial charge is 0.243 e. The number of sulfonamides is 1. The molecule has 0 amide bonds. The molecule has 0 aliphatic carbocycles. The predicted molar refractivity (Wildman–Crippen MR) is 126 cm³/mol. The molecule has 2 aliphatic rings. The summed E-state index contributed by atoms with van der Waals surface area (Å²) in [7, 11) is -1.24. The molecule has 9 heteroatoms. The Labute approximate surface area is 192 Å². The second kappa shape index (κ2) is 10.8. The molecule has 0 unspecified atom stereocenters. The van der Waals surface area contributed by atoms with Crippen LogP contribution in [0.5, 0.6) is 0 Å². The molecule has 0 atom stereocenters. The fraction of sp³-hybridized carbons (Fsp3) is 0.476. The monoisotopic (exact) mass is 472 g/mol. The first-order valence-electron chi connectivity index (χ1n) is 10.0. The zero-order valence-corrected chi connectivity index (χ0v) is 19.7. The molecule has 1 aromatic heterocycles. The number of pyridine rings is 1. The van der Waals surface area contributed by atoms with Gasteiger partial charge in [-0.15, -0.1) is 24.8 Å². The summed E-state index contributed by atoms with van der Waals surface area (Å²) in [4.78, 5) is 9.63. The Morgan fingerprint density at radius 1 is 0.767 bits per heavy atom. The molecule has 1 aromatic carbocycles. The maximum absolute atomic E-state index is 12.8. The van der Waals surface area contributed by atoms with Crippen LogP contribution >= 0.6 is 24.8 Å². The highest BCUT2D eigenvalue weighted by Gasteiger charge is 2.25. The first-order chi connectivity index (χ1) is 13.5. The normalized spacial score (nSPS) is 18.4. The number of hydrogen-bond donors (Lipinski definition) is 0. The van der Waals surface area contributed by atoms with Crippen molar-refractivity contribution in [2.45, 2.75) is 24.2 Å². The molecule has 30 heavy (non-hydrogen) atoms. The van der Waals surface area contributed by atoms with E-state index in [0.717, 1.165) is 62.4 Å². The van der Waals surface area contributed by atoms with Crippen LogP contribution in [0.1, 0.15) is 19.3 Å². The summed E-state index contributed by atoms with van der Waals surface area (Å²) in [5.41, 5.74) is 1.98. The van der Waals surface area contributed by atoms with Crippen LogP contribution in [-0.2, 0) is 10.0 Å². The van der Waals surface area contributed by atoms with E-state index in [0.29, 0.717) is 18.0 Å². The molecular weight excluding hydrogens is 443 g/mol. The molecule has 3 heterocycles. The van der Waals surface area contributed by atoms with Crippen molar-refractivity contribution < 1.29 is 8.42 Å². The van der Waals surface area contributed by atoms with Gasteiger partial charge in [0.15, 0.2) is 0 Å². The highest BCUT2D eigenvalue weighted by atomic mass is 35.5. The van der Waals surface area contributed by atoms with Crippen LogP contribution < -0.4 is 4.90 Å². The molecule has 4 rings (SSSR count). The number of hydrogen-bond acceptors (Lipinski definition) is 5. The maximum atomic E-state index is 12.8. The van der Waals surface area contributed by atoms with E-state index in [4.69, 9.17) is 0 Å². The van der Waals surface area contributed by atoms with Gasteiger partial charge in [-0.3, -0.25) is 0 Å². The van der Waals surface area contributed by atoms with Gasteiger partial charge in [0.1, 0.15) is 5.82 Å². The van der Waals surface area contributed by atoms with Gasteiger partial charge in [0, 0.05) is 51.0 Å². The summed E-state index contributed by atoms with van der Waals surface area (Å²) >= 11 is 0. The van der Waals surface area contributed by atoms with Gasteiger partial charge in [-0.25, -0.2) is 13.4 Å². The summed E-state index contributed by atoms with van der Waals surface area (Å²) in [5, 5.41) is 0. The number of piperidine rings is 1. The molecule has 0 saturated carbocycles. The van der Waals surface area contributed by atoms with Crippen molar-refractivity contribution in [1.29, 1.82) is 0 Å². The Morgan fingerprint density at radius 3 is 1.93 bits per heavy atom. The van der Waals surface area contributed by atoms with Crippen molar-refractivity contribution in [2.24, 2.45) is 0 Å². The molecule has 2 aromatic rings. The lowest BCUT2D eigenvalue weighted by Gasteiger charge is -2.33. The average molecular weight is 473 g/mol. The fourth-order valence-corrected chi connectivity index (χ4v) is 5.37. The lowest BCUT2D eigenvalue weighted by Crippen LogP contribution is -2.44. The second-order valence-corrected chi connectivity index (χ2v) is 9.62. The second-order valence-electron chi connectivity index (χ2n) is 7.68. The van der Waals surface area contributed by atoms with Gasteiger partial charge in [0.2, 0.25) is 10.0 Å². The molecule has 0 bridgehead atoms. The first kappa shape index (κ1) is 24.9. The zero-order valence-electron chi connectivity index (χ0n) is 17.2. The lowest BCUT2D eigenvalue weighted by atomic mass is 10.1. The molecule has 6 nitrogen and oxygen atoms in total. The third-order valence-electron chi connectivity index (χ3n) is 5.72. The highest BCUT2D eigenvalue weighted by Crippen LogP contribution is 2.25. The van der Waals surface area contributed by atoms with Gasteiger partial charge < -0.3 is 9.80 Å². The van der Waals surface area contributed by atoms with Gasteiger partial charge in [0.05, 0.1) is 4.90 Å². The van der Waals surface area contributed by atoms with E-state index in [1.165, 1.54) is 0 Å². The summed E-state index contributed by atoms with van der Waals surface area (Å²) in [6.45, 7) is 5.34. The van der Waals surface area contributed by atoms with E-state index in [1.54, 1.807) is 16.4 Å². The SMILES string of the molecule is CN1CCN(c2ccc(-c3ccc(S(=O)(=O)N4CCCCC4)cc3)cn2)CC1.Cl.Cl. The number of benzene rings is 1. The van der Waals surface area contributed by atoms with Crippen molar-refractivity contribution in [2.75, 3.05) is 51.2 Å². The van der Waals surface area contributed by atoms with Crippen LogP contribution in [-0.4, -0.2) is 68.9 Å². The fourth-order valence-electron chi connectivity index (χ4n) is 3.85. The summed E-state index contributed by atoms with van der Waals surface area (Å²) in [6.07, 6.45) is 4.88. The number of anilines is 1. The van der Waals surface area contributed by atoms with Gasteiger partial charge in [-0.2, -0.15) is 4.31 Å². The van der Waals surface area contributed by atoms with E-state index < -0.39 is 10.0 Å². The molecule has 0 radical (unpaired) electrons. The van der Waals surface area contributed by atoms with Gasteiger partial charge >= 0.3 is 0 Å². The minimum absolute atomic E-state index is 0. The zero-order chi connectivity index (χ0) is 19.6. The molecule has 2 aliphatic heterocycles. The van der Waals surface area contributed by atoms with Crippen LogP contribution in [0.3, 0.4) is 0 Å². The van der Waals surface area contributed by atoms with E-state index in [-0.39, 0.29) is 24.8 Å². The predicted octanol–water partition coefficient (Wildman–Crippen LogP) is 3.52. The molecule has 2 fully saturated rings. The summed E-state index contributed by atoms with van der Waals surface area (Å²) < 4.78 is 27.2. The Bertz CT molecular complexity index is 894. The van der Waals surface area contributed by atoms with E-state index >= 15 is 0 Å². The van der Waals surface area contributed by atoms with Crippen LogP contribution in [0.2, 0.25) is 0 Å².